The summed E-state index contributed by atoms with van der Waals surface area (Å²) in [5, 5.41) is 0. The summed E-state index contributed by atoms with van der Waals surface area (Å²) in [6.07, 6.45) is 5.32. The molecule has 0 amide bonds. The summed E-state index contributed by atoms with van der Waals surface area (Å²) in [7, 11) is 0. The van der Waals surface area contributed by atoms with Gasteiger partial charge in [-0.2, -0.15) is 13.2 Å². The number of carbonyl (C=O) groups is 1. The second-order valence-electron chi connectivity index (χ2n) is 8.22. The van der Waals surface area contributed by atoms with E-state index in [0.29, 0.717) is 24.7 Å². The largest absolute Gasteiger partial charge is 0.462 e. The Bertz CT molecular complexity index is 472. The molecule has 0 N–H and O–H groups in total. The predicted octanol–water partition coefficient (Wildman–Crippen LogP) is 5.67. The van der Waals surface area contributed by atoms with E-state index < -0.39 is 12.1 Å². The fourth-order valence-electron chi connectivity index (χ4n) is 5.12. The summed E-state index contributed by atoms with van der Waals surface area (Å²) in [6.45, 7) is 3.86. The lowest BCUT2D eigenvalue weighted by Gasteiger charge is -2.40. The monoisotopic (exact) mass is 358 g/mol. The topological polar surface area (TPSA) is 26.3 Å². The van der Waals surface area contributed by atoms with Gasteiger partial charge in [-0.15, -0.1) is 6.58 Å². The maximum Gasteiger partial charge on any atom is 0.391 e. The van der Waals surface area contributed by atoms with Gasteiger partial charge in [0.15, 0.2) is 0 Å². The SMILES string of the molecule is C=CC1CCC(C2CCC(C3CCC(C(F)(F)F)CC3)C(=O)O2)CC1. The minimum absolute atomic E-state index is 0.0148. The number of alkyl halides is 3. The van der Waals surface area contributed by atoms with Gasteiger partial charge in [-0.25, -0.2) is 0 Å². The first-order chi connectivity index (χ1) is 11.9. The molecule has 2 unspecified atom stereocenters. The van der Waals surface area contributed by atoms with Crippen LogP contribution in [0.5, 0.6) is 0 Å². The Morgan fingerprint density at radius 1 is 0.880 bits per heavy atom. The molecule has 3 fully saturated rings. The van der Waals surface area contributed by atoms with Crippen molar-refractivity contribution < 1.29 is 22.7 Å². The Morgan fingerprint density at radius 2 is 1.48 bits per heavy atom. The van der Waals surface area contributed by atoms with E-state index in [-0.39, 0.29) is 36.8 Å². The van der Waals surface area contributed by atoms with E-state index in [4.69, 9.17) is 4.74 Å². The molecule has 0 aromatic heterocycles. The van der Waals surface area contributed by atoms with Gasteiger partial charge in [0, 0.05) is 0 Å². The normalized spacial score (nSPS) is 40.4. The highest BCUT2D eigenvalue weighted by Crippen LogP contribution is 2.45. The molecule has 2 nitrogen and oxygen atoms in total. The average molecular weight is 358 g/mol. The zero-order valence-electron chi connectivity index (χ0n) is 14.8. The van der Waals surface area contributed by atoms with E-state index >= 15 is 0 Å². The number of halogens is 3. The van der Waals surface area contributed by atoms with Gasteiger partial charge in [-0.1, -0.05) is 6.08 Å². The van der Waals surface area contributed by atoms with Crippen molar-refractivity contribution in [3.8, 4) is 0 Å². The van der Waals surface area contributed by atoms with E-state index in [9.17, 15) is 18.0 Å². The average Bonchev–Trinajstić information content (AvgIpc) is 2.61. The van der Waals surface area contributed by atoms with Crippen LogP contribution < -0.4 is 0 Å². The molecule has 0 spiro atoms. The van der Waals surface area contributed by atoms with Gasteiger partial charge in [-0.05, 0) is 82.0 Å². The van der Waals surface area contributed by atoms with Crippen LogP contribution in [0.1, 0.15) is 64.2 Å². The number of ether oxygens (including phenoxy) is 1. The van der Waals surface area contributed by atoms with Crippen molar-refractivity contribution in [2.24, 2.45) is 29.6 Å². The molecule has 2 atom stereocenters. The van der Waals surface area contributed by atoms with Crippen molar-refractivity contribution in [2.75, 3.05) is 0 Å². The second-order valence-corrected chi connectivity index (χ2v) is 8.22. The fraction of sp³-hybridized carbons (Fsp3) is 0.850. The summed E-state index contributed by atoms with van der Waals surface area (Å²) in [5.41, 5.74) is 0. The Labute approximate surface area is 148 Å². The smallest absolute Gasteiger partial charge is 0.391 e. The molecular formula is C20H29F3O2. The maximum atomic E-state index is 12.8. The molecule has 25 heavy (non-hydrogen) atoms. The molecular weight excluding hydrogens is 329 g/mol. The lowest BCUT2D eigenvalue weighted by molar-refractivity contribution is -0.187. The number of allylic oxidation sites excluding steroid dienone is 1. The standard InChI is InChI=1S/C20H29F3O2/c1-2-13-3-5-15(6-4-13)18-12-11-17(19(24)25-18)14-7-9-16(10-8-14)20(21,22)23/h2,13-18H,1,3-12H2. The summed E-state index contributed by atoms with van der Waals surface area (Å²) in [5.74, 6) is -0.415. The van der Waals surface area contributed by atoms with Crippen molar-refractivity contribution in [3.63, 3.8) is 0 Å². The third-order valence-electron chi connectivity index (χ3n) is 6.81. The molecule has 142 valence electrons. The van der Waals surface area contributed by atoms with Crippen molar-refractivity contribution in [1.29, 1.82) is 0 Å². The van der Waals surface area contributed by atoms with Gasteiger partial charge in [0.1, 0.15) is 6.10 Å². The summed E-state index contributed by atoms with van der Waals surface area (Å²) in [6, 6.07) is 0. The highest BCUT2D eigenvalue weighted by Gasteiger charge is 2.45. The van der Waals surface area contributed by atoms with Crippen molar-refractivity contribution in [3.05, 3.63) is 12.7 Å². The van der Waals surface area contributed by atoms with Gasteiger partial charge in [0.05, 0.1) is 11.8 Å². The molecule has 3 rings (SSSR count). The van der Waals surface area contributed by atoms with Crippen LogP contribution in [0.4, 0.5) is 13.2 Å². The van der Waals surface area contributed by atoms with Crippen LogP contribution in [0.3, 0.4) is 0 Å². The lowest BCUT2D eigenvalue weighted by Crippen LogP contribution is -2.41. The second kappa shape index (κ2) is 7.71. The van der Waals surface area contributed by atoms with E-state index in [1.807, 2.05) is 6.08 Å². The first-order valence-corrected chi connectivity index (χ1v) is 9.78. The van der Waals surface area contributed by atoms with E-state index in [2.05, 4.69) is 6.58 Å². The van der Waals surface area contributed by atoms with Crippen LogP contribution in [0, 0.1) is 29.6 Å². The number of cyclic esters (lactones) is 1. The zero-order chi connectivity index (χ0) is 18.0. The Morgan fingerprint density at radius 3 is 2.00 bits per heavy atom. The molecule has 2 saturated carbocycles. The Hall–Kier alpha value is -1.00. The first kappa shape index (κ1) is 18.8. The van der Waals surface area contributed by atoms with Gasteiger partial charge in [0.2, 0.25) is 0 Å². The summed E-state index contributed by atoms with van der Waals surface area (Å²) < 4.78 is 44.2. The molecule has 0 aromatic carbocycles. The summed E-state index contributed by atoms with van der Waals surface area (Å²) in [4.78, 5) is 12.5. The number of esters is 1. The van der Waals surface area contributed by atoms with Crippen molar-refractivity contribution in [2.45, 2.75) is 76.5 Å². The number of carbonyl (C=O) groups excluding carboxylic acids is 1. The third kappa shape index (κ3) is 4.40. The molecule has 5 heteroatoms. The van der Waals surface area contributed by atoms with Gasteiger partial charge in [0.25, 0.3) is 0 Å². The Kier molecular flexibility index (Phi) is 5.79. The quantitative estimate of drug-likeness (QED) is 0.480. The van der Waals surface area contributed by atoms with E-state index in [1.54, 1.807) is 0 Å². The van der Waals surface area contributed by atoms with Crippen LogP contribution in [0.2, 0.25) is 0 Å². The van der Waals surface area contributed by atoms with E-state index in [0.717, 1.165) is 38.5 Å². The molecule has 1 aliphatic heterocycles. The maximum absolute atomic E-state index is 12.8. The van der Waals surface area contributed by atoms with E-state index in [1.165, 1.54) is 0 Å². The van der Waals surface area contributed by atoms with Crippen LogP contribution in [0.15, 0.2) is 12.7 Å². The number of rotatable bonds is 3. The predicted molar refractivity (Wildman–Crippen MR) is 89.8 cm³/mol. The molecule has 2 aliphatic carbocycles. The molecule has 1 heterocycles. The van der Waals surface area contributed by atoms with Gasteiger partial charge < -0.3 is 4.74 Å². The first-order valence-electron chi connectivity index (χ1n) is 9.78. The van der Waals surface area contributed by atoms with Crippen LogP contribution in [-0.2, 0) is 9.53 Å². The van der Waals surface area contributed by atoms with Crippen LogP contribution in [0.25, 0.3) is 0 Å². The molecule has 1 saturated heterocycles. The minimum Gasteiger partial charge on any atom is -0.462 e. The minimum atomic E-state index is -4.09. The molecule has 0 radical (unpaired) electrons. The molecule has 0 aromatic rings. The fourth-order valence-corrected chi connectivity index (χ4v) is 5.12. The van der Waals surface area contributed by atoms with Crippen LogP contribution in [-0.4, -0.2) is 18.2 Å². The van der Waals surface area contributed by atoms with Crippen molar-refractivity contribution in [1.82, 2.24) is 0 Å². The molecule has 3 aliphatic rings. The zero-order valence-corrected chi connectivity index (χ0v) is 14.8. The highest BCUT2D eigenvalue weighted by molar-refractivity contribution is 5.73. The highest BCUT2D eigenvalue weighted by atomic mass is 19.4. The Balaban J connectivity index is 1.48. The van der Waals surface area contributed by atoms with Crippen molar-refractivity contribution >= 4 is 5.97 Å². The third-order valence-corrected chi connectivity index (χ3v) is 6.81. The lowest BCUT2D eigenvalue weighted by atomic mass is 9.71. The summed E-state index contributed by atoms with van der Waals surface area (Å²) >= 11 is 0. The van der Waals surface area contributed by atoms with Gasteiger partial charge in [-0.3, -0.25) is 4.79 Å². The van der Waals surface area contributed by atoms with Gasteiger partial charge >= 0.3 is 12.1 Å². The van der Waals surface area contributed by atoms with Crippen LogP contribution >= 0.6 is 0 Å². The number of hydrogen-bond donors (Lipinski definition) is 0. The molecule has 0 bridgehead atoms. The number of hydrogen-bond acceptors (Lipinski definition) is 2.